The van der Waals surface area contributed by atoms with Gasteiger partial charge in [-0.25, -0.2) is 0 Å². The number of ether oxygens (including phenoxy) is 1. The molecule has 1 spiro atoms. The number of benzene rings is 2. The molecule has 39 heavy (non-hydrogen) atoms. The van der Waals surface area contributed by atoms with Crippen LogP contribution in [-0.2, 0) is 21.3 Å². The van der Waals surface area contributed by atoms with Crippen LogP contribution in [0.2, 0.25) is 0 Å². The van der Waals surface area contributed by atoms with E-state index in [1.165, 1.54) is 6.07 Å². The first-order valence-corrected chi connectivity index (χ1v) is 13.5. The lowest BCUT2D eigenvalue weighted by Gasteiger charge is -2.40. The van der Waals surface area contributed by atoms with E-state index in [-0.39, 0.29) is 24.2 Å². The Kier molecular flexibility index (Phi) is 7.72. The molecule has 3 N–H and O–H groups in total. The van der Waals surface area contributed by atoms with Gasteiger partial charge in [0.1, 0.15) is 5.60 Å². The Labute approximate surface area is 225 Å². The number of nitrogens with zero attached hydrogens (tertiary/aromatic N) is 1. The van der Waals surface area contributed by atoms with Crippen LogP contribution in [0.1, 0.15) is 60.0 Å². The Morgan fingerprint density at radius 1 is 1.05 bits per heavy atom. The summed E-state index contributed by atoms with van der Waals surface area (Å²) in [5, 5.41) is 16.7. The minimum Gasteiger partial charge on any atom is -0.385 e. The average molecular weight is 546 g/mol. The van der Waals surface area contributed by atoms with E-state index in [1.54, 1.807) is 0 Å². The molecule has 2 aliphatic heterocycles. The predicted octanol–water partition coefficient (Wildman–Crippen LogP) is 3.62. The number of carbonyl (C=O) groups excluding carboxylic acids is 2. The molecule has 2 atom stereocenters. The monoisotopic (exact) mass is 545 g/mol. The van der Waals surface area contributed by atoms with Crippen molar-refractivity contribution in [1.82, 2.24) is 15.5 Å². The van der Waals surface area contributed by atoms with Crippen molar-refractivity contribution in [2.45, 2.75) is 68.0 Å². The topological polar surface area (TPSA) is 90.9 Å². The zero-order valence-electron chi connectivity index (χ0n) is 21.7. The zero-order chi connectivity index (χ0) is 27.7. The maximum Gasteiger partial charge on any atom is 0.416 e. The van der Waals surface area contributed by atoms with Gasteiger partial charge >= 0.3 is 6.18 Å². The van der Waals surface area contributed by atoms with E-state index >= 15 is 0 Å². The molecule has 2 saturated heterocycles. The summed E-state index contributed by atoms with van der Waals surface area (Å²) in [4.78, 5) is 27.6. The first-order chi connectivity index (χ1) is 18.6. The van der Waals surface area contributed by atoms with Crippen molar-refractivity contribution in [3.8, 4) is 0 Å². The fourth-order valence-corrected chi connectivity index (χ4v) is 6.32. The second kappa shape index (κ2) is 10.9. The molecular formula is C29H34F3N3O4. The highest BCUT2D eigenvalue weighted by atomic mass is 19.4. The van der Waals surface area contributed by atoms with Gasteiger partial charge in [-0.1, -0.05) is 36.4 Å². The third-order valence-corrected chi connectivity index (χ3v) is 8.46. The fraction of sp³-hybridized carbons (Fsp3) is 0.517. The first kappa shape index (κ1) is 27.6. The van der Waals surface area contributed by atoms with E-state index in [9.17, 15) is 27.9 Å². The molecule has 2 aromatic rings. The summed E-state index contributed by atoms with van der Waals surface area (Å²) >= 11 is 0. The molecule has 7 nitrogen and oxygen atoms in total. The van der Waals surface area contributed by atoms with Crippen LogP contribution in [0.4, 0.5) is 13.2 Å². The number of likely N-dealkylation sites (tertiary alicyclic amines) is 1. The SMILES string of the molecule is O=C(CNC(=O)c1cccc(C(F)(F)F)c1)NC1CN(C2CCC(O)(c3ccccc3)CC2)CC12CCCO2. The number of aliphatic hydroxyl groups is 1. The molecule has 2 aromatic carbocycles. The third-order valence-electron chi connectivity index (χ3n) is 8.46. The van der Waals surface area contributed by atoms with E-state index in [2.05, 4.69) is 15.5 Å². The number of amides is 2. The molecule has 1 saturated carbocycles. The molecular weight excluding hydrogens is 511 g/mol. The Hall–Kier alpha value is -2.95. The number of rotatable bonds is 6. The average Bonchev–Trinajstić information content (AvgIpc) is 3.55. The van der Waals surface area contributed by atoms with E-state index in [0.29, 0.717) is 32.5 Å². The minimum atomic E-state index is -4.56. The molecule has 10 heteroatoms. The number of alkyl halides is 3. The van der Waals surface area contributed by atoms with E-state index in [1.807, 2.05) is 30.3 Å². The lowest BCUT2D eigenvalue weighted by Crippen LogP contribution is -2.53. The maximum absolute atomic E-state index is 13.0. The van der Waals surface area contributed by atoms with Crippen molar-refractivity contribution in [1.29, 1.82) is 0 Å². The fourth-order valence-electron chi connectivity index (χ4n) is 6.32. The van der Waals surface area contributed by atoms with Crippen LogP contribution >= 0.6 is 0 Å². The summed E-state index contributed by atoms with van der Waals surface area (Å²) < 4.78 is 45.1. The third kappa shape index (κ3) is 5.97. The molecule has 210 valence electrons. The van der Waals surface area contributed by atoms with Crippen LogP contribution < -0.4 is 10.6 Å². The highest BCUT2D eigenvalue weighted by Gasteiger charge is 2.52. The van der Waals surface area contributed by atoms with Crippen LogP contribution in [0.5, 0.6) is 0 Å². The van der Waals surface area contributed by atoms with Crippen molar-refractivity contribution in [3.05, 3.63) is 71.3 Å². The van der Waals surface area contributed by atoms with Gasteiger partial charge in [0.2, 0.25) is 5.91 Å². The van der Waals surface area contributed by atoms with Crippen LogP contribution in [0.3, 0.4) is 0 Å². The van der Waals surface area contributed by atoms with Crippen LogP contribution in [0, 0.1) is 0 Å². The number of halogens is 3. The summed E-state index contributed by atoms with van der Waals surface area (Å²) in [7, 11) is 0. The molecule has 2 heterocycles. The number of hydrogen-bond acceptors (Lipinski definition) is 5. The summed E-state index contributed by atoms with van der Waals surface area (Å²) in [5.41, 5.74) is -1.47. The van der Waals surface area contributed by atoms with Crippen molar-refractivity contribution < 1.29 is 32.6 Å². The second-order valence-electron chi connectivity index (χ2n) is 11.0. The Balaban J connectivity index is 1.17. The van der Waals surface area contributed by atoms with E-state index in [4.69, 9.17) is 4.74 Å². The molecule has 0 bridgehead atoms. The minimum absolute atomic E-state index is 0.159. The summed E-state index contributed by atoms with van der Waals surface area (Å²) in [6.45, 7) is 1.55. The van der Waals surface area contributed by atoms with Gasteiger partial charge in [0.05, 0.1) is 23.8 Å². The molecule has 5 rings (SSSR count). The van der Waals surface area contributed by atoms with Crippen LogP contribution in [-0.4, -0.2) is 65.7 Å². The molecule has 1 aliphatic carbocycles. The quantitative estimate of drug-likeness (QED) is 0.516. The largest absolute Gasteiger partial charge is 0.416 e. The second-order valence-corrected chi connectivity index (χ2v) is 11.0. The smallest absolute Gasteiger partial charge is 0.385 e. The Bertz CT molecular complexity index is 1180. The lowest BCUT2D eigenvalue weighted by molar-refractivity contribution is -0.137. The first-order valence-electron chi connectivity index (χ1n) is 13.5. The lowest BCUT2D eigenvalue weighted by atomic mass is 9.77. The van der Waals surface area contributed by atoms with Gasteiger partial charge in [-0.05, 0) is 62.3 Å². The molecule has 2 amide bonds. The van der Waals surface area contributed by atoms with Gasteiger partial charge in [0.15, 0.2) is 0 Å². The number of hydrogen-bond donors (Lipinski definition) is 3. The molecule has 3 fully saturated rings. The standard InChI is InChI=1S/C29H34F3N3O4/c30-29(31,32)22-9-4-6-20(16-22)26(37)33-17-25(36)34-24-18-35(19-28(24)12-5-15-39-28)23-10-13-27(38,14-11-23)21-7-2-1-3-8-21/h1-4,6-9,16,23-24,38H,5,10-15,17-19H2,(H,33,37)(H,34,36). The van der Waals surface area contributed by atoms with Gasteiger partial charge in [-0.2, -0.15) is 13.2 Å². The highest BCUT2D eigenvalue weighted by Crippen LogP contribution is 2.42. The Morgan fingerprint density at radius 2 is 1.79 bits per heavy atom. The zero-order valence-corrected chi connectivity index (χ0v) is 21.7. The van der Waals surface area contributed by atoms with E-state index in [0.717, 1.165) is 49.4 Å². The van der Waals surface area contributed by atoms with Crippen LogP contribution in [0.15, 0.2) is 54.6 Å². The van der Waals surface area contributed by atoms with Gasteiger partial charge in [-0.15, -0.1) is 0 Å². The normalized spacial score (nSPS) is 29.4. The van der Waals surface area contributed by atoms with Gasteiger partial charge in [-0.3, -0.25) is 14.5 Å². The molecule has 0 aromatic heterocycles. The van der Waals surface area contributed by atoms with Gasteiger partial charge in [0.25, 0.3) is 5.91 Å². The Morgan fingerprint density at radius 3 is 2.46 bits per heavy atom. The number of nitrogens with one attached hydrogen (secondary N) is 2. The van der Waals surface area contributed by atoms with E-state index < -0.39 is 34.8 Å². The van der Waals surface area contributed by atoms with Gasteiger partial charge in [0, 0.05) is 31.3 Å². The van der Waals surface area contributed by atoms with Gasteiger partial charge < -0.3 is 20.5 Å². The molecule has 3 aliphatic rings. The summed E-state index contributed by atoms with van der Waals surface area (Å²) in [5.74, 6) is -1.16. The van der Waals surface area contributed by atoms with Crippen LogP contribution in [0.25, 0.3) is 0 Å². The maximum atomic E-state index is 13.0. The predicted molar refractivity (Wildman–Crippen MR) is 138 cm³/mol. The van der Waals surface area contributed by atoms with Crippen molar-refractivity contribution in [2.75, 3.05) is 26.2 Å². The molecule has 0 radical (unpaired) electrons. The summed E-state index contributed by atoms with van der Waals surface area (Å²) in [6, 6.07) is 13.9. The highest BCUT2D eigenvalue weighted by molar-refractivity contribution is 5.96. The van der Waals surface area contributed by atoms with Crippen molar-refractivity contribution in [2.24, 2.45) is 0 Å². The molecule has 2 unspecified atom stereocenters. The number of carbonyl (C=O) groups is 2. The van der Waals surface area contributed by atoms with Crippen molar-refractivity contribution >= 4 is 11.8 Å². The summed E-state index contributed by atoms with van der Waals surface area (Å²) in [6.07, 6.45) is 0.117. The van der Waals surface area contributed by atoms with Crippen molar-refractivity contribution in [3.63, 3.8) is 0 Å².